The number of hydrogen-bond donors (Lipinski definition) is 1. The average Bonchev–Trinajstić information content (AvgIpc) is 2.86. The van der Waals surface area contributed by atoms with E-state index in [0.29, 0.717) is 11.5 Å². The van der Waals surface area contributed by atoms with Crippen LogP contribution in [-0.2, 0) is 5.41 Å². The van der Waals surface area contributed by atoms with Gasteiger partial charge in [-0.15, -0.1) is 0 Å². The van der Waals surface area contributed by atoms with Gasteiger partial charge in [-0.1, -0.05) is 0 Å². The van der Waals surface area contributed by atoms with Gasteiger partial charge in [-0.25, -0.2) is 0 Å². The van der Waals surface area contributed by atoms with Crippen molar-refractivity contribution < 1.29 is 4.42 Å². The Labute approximate surface area is 116 Å². The summed E-state index contributed by atoms with van der Waals surface area (Å²) in [7, 11) is 2.00. The molecule has 1 N–H and O–H groups in total. The quantitative estimate of drug-likeness (QED) is 0.886. The molecule has 1 aromatic heterocycles. The van der Waals surface area contributed by atoms with Crippen LogP contribution in [0.5, 0.6) is 0 Å². The van der Waals surface area contributed by atoms with Crippen LogP contribution in [0.2, 0.25) is 0 Å². The minimum absolute atomic E-state index is 0.322. The maximum absolute atomic E-state index is 6.26. The lowest BCUT2D eigenvalue weighted by molar-refractivity contribution is -0.0157. The van der Waals surface area contributed by atoms with E-state index in [1.54, 1.807) is 0 Å². The third-order valence-corrected chi connectivity index (χ3v) is 6.05. The van der Waals surface area contributed by atoms with Crippen molar-refractivity contribution in [2.24, 2.45) is 17.8 Å². The molecular formula is C17H25NO. The topological polar surface area (TPSA) is 25.2 Å². The van der Waals surface area contributed by atoms with Gasteiger partial charge < -0.3 is 9.73 Å². The molecule has 5 rings (SSSR count). The molecule has 4 aliphatic carbocycles. The summed E-state index contributed by atoms with van der Waals surface area (Å²) in [6.07, 6.45) is 8.67. The van der Waals surface area contributed by atoms with E-state index < -0.39 is 0 Å². The smallest absolute Gasteiger partial charge is 0.120 e. The molecule has 2 heteroatoms. The second kappa shape index (κ2) is 4.12. The van der Waals surface area contributed by atoms with E-state index in [4.69, 9.17) is 4.42 Å². The summed E-state index contributed by atoms with van der Waals surface area (Å²) < 4.78 is 6.26. The molecule has 1 heterocycles. The van der Waals surface area contributed by atoms with E-state index in [9.17, 15) is 0 Å². The molecule has 1 atom stereocenters. The maximum atomic E-state index is 6.26. The van der Waals surface area contributed by atoms with E-state index in [1.807, 2.05) is 7.05 Å². The Morgan fingerprint density at radius 1 is 1.11 bits per heavy atom. The Kier molecular flexibility index (Phi) is 2.60. The van der Waals surface area contributed by atoms with Gasteiger partial charge in [-0.3, -0.25) is 0 Å². The van der Waals surface area contributed by atoms with Crippen LogP contribution in [0.1, 0.15) is 63.0 Å². The second-order valence-electron chi connectivity index (χ2n) is 7.41. The summed E-state index contributed by atoms with van der Waals surface area (Å²) in [5.74, 6) is 5.36. The first-order chi connectivity index (χ1) is 9.18. The van der Waals surface area contributed by atoms with E-state index in [0.717, 1.165) is 23.5 Å². The lowest BCUT2D eigenvalue weighted by Crippen LogP contribution is -2.48. The van der Waals surface area contributed by atoms with Crippen LogP contribution in [0.4, 0.5) is 0 Å². The fourth-order valence-corrected chi connectivity index (χ4v) is 5.43. The molecule has 4 saturated carbocycles. The third kappa shape index (κ3) is 1.79. The van der Waals surface area contributed by atoms with Gasteiger partial charge >= 0.3 is 0 Å². The lowest BCUT2D eigenvalue weighted by Gasteiger charge is -2.55. The monoisotopic (exact) mass is 259 g/mol. The Balaban J connectivity index is 1.66. The zero-order valence-electron chi connectivity index (χ0n) is 12.1. The van der Waals surface area contributed by atoms with Gasteiger partial charge in [-0.05, 0) is 82.4 Å². The number of furan rings is 1. The summed E-state index contributed by atoms with van der Waals surface area (Å²) in [4.78, 5) is 0. The Bertz CT molecular complexity index is 440. The molecule has 1 unspecified atom stereocenters. The van der Waals surface area contributed by atoms with Crippen molar-refractivity contribution in [1.29, 1.82) is 0 Å². The first-order valence-electron chi connectivity index (χ1n) is 7.96. The van der Waals surface area contributed by atoms with Gasteiger partial charge in [0.25, 0.3) is 0 Å². The van der Waals surface area contributed by atoms with E-state index in [2.05, 4.69) is 24.4 Å². The van der Waals surface area contributed by atoms with Crippen molar-refractivity contribution in [2.75, 3.05) is 7.05 Å². The molecule has 0 aromatic carbocycles. The van der Waals surface area contributed by atoms with Crippen LogP contribution < -0.4 is 5.32 Å². The largest absolute Gasteiger partial charge is 0.464 e. The van der Waals surface area contributed by atoms with Crippen molar-refractivity contribution in [3.8, 4) is 0 Å². The first kappa shape index (κ1) is 12.0. The highest BCUT2D eigenvalue weighted by Crippen LogP contribution is 2.60. The van der Waals surface area contributed by atoms with Crippen LogP contribution in [0.3, 0.4) is 0 Å². The van der Waals surface area contributed by atoms with Gasteiger partial charge in [0, 0.05) is 5.41 Å². The normalized spacial score (nSPS) is 41.7. The van der Waals surface area contributed by atoms with Crippen molar-refractivity contribution in [3.05, 3.63) is 23.7 Å². The minimum Gasteiger partial charge on any atom is -0.464 e. The third-order valence-electron chi connectivity index (χ3n) is 6.05. The predicted molar refractivity (Wildman–Crippen MR) is 76.0 cm³/mol. The molecule has 104 valence electrons. The van der Waals surface area contributed by atoms with Crippen LogP contribution >= 0.6 is 0 Å². The molecule has 4 fully saturated rings. The van der Waals surface area contributed by atoms with Crippen LogP contribution in [0.15, 0.2) is 16.5 Å². The SMILES string of the molecule is CNC(C)c1ccc(C23CC4CC(CC(C4)C2)C3)o1. The fourth-order valence-electron chi connectivity index (χ4n) is 5.43. The molecule has 1 aromatic rings. The van der Waals surface area contributed by atoms with E-state index in [1.165, 1.54) is 44.3 Å². The molecule has 4 aliphatic rings. The number of rotatable bonds is 3. The molecule has 19 heavy (non-hydrogen) atoms. The van der Waals surface area contributed by atoms with Crippen LogP contribution in [0, 0.1) is 17.8 Å². The fraction of sp³-hybridized carbons (Fsp3) is 0.765. The van der Waals surface area contributed by atoms with Gasteiger partial charge in [-0.2, -0.15) is 0 Å². The zero-order valence-corrected chi connectivity index (χ0v) is 12.1. The molecule has 0 radical (unpaired) electrons. The lowest BCUT2D eigenvalue weighted by atomic mass is 9.49. The van der Waals surface area contributed by atoms with Crippen molar-refractivity contribution in [2.45, 2.75) is 56.9 Å². The Morgan fingerprint density at radius 2 is 1.68 bits per heavy atom. The van der Waals surface area contributed by atoms with E-state index >= 15 is 0 Å². The Morgan fingerprint density at radius 3 is 2.21 bits per heavy atom. The van der Waals surface area contributed by atoms with Crippen molar-refractivity contribution >= 4 is 0 Å². The van der Waals surface area contributed by atoms with Crippen molar-refractivity contribution in [1.82, 2.24) is 5.32 Å². The Hall–Kier alpha value is -0.760. The average molecular weight is 259 g/mol. The summed E-state index contributed by atoms with van der Waals surface area (Å²) in [5, 5.41) is 3.27. The zero-order chi connectivity index (χ0) is 13.0. The predicted octanol–water partition coefficient (Wildman–Crippen LogP) is 4.03. The number of hydrogen-bond acceptors (Lipinski definition) is 2. The molecule has 4 bridgehead atoms. The minimum atomic E-state index is 0.322. The number of nitrogens with one attached hydrogen (secondary N) is 1. The van der Waals surface area contributed by atoms with Gasteiger partial charge in [0.1, 0.15) is 11.5 Å². The maximum Gasteiger partial charge on any atom is 0.120 e. The van der Waals surface area contributed by atoms with Crippen molar-refractivity contribution in [3.63, 3.8) is 0 Å². The summed E-state index contributed by atoms with van der Waals surface area (Å²) in [6, 6.07) is 4.79. The van der Waals surface area contributed by atoms with E-state index in [-0.39, 0.29) is 0 Å². The van der Waals surface area contributed by atoms with Gasteiger partial charge in [0.15, 0.2) is 0 Å². The molecule has 0 saturated heterocycles. The second-order valence-corrected chi connectivity index (χ2v) is 7.41. The summed E-state index contributed by atoms with van der Waals surface area (Å²) >= 11 is 0. The molecule has 0 amide bonds. The summed E-state index contributed by atoms with van der Waals surface area (Å²) in [5.41, 5.74) is 0.403. The first-order valence-corrected chi connectivity index (χ1v) is 7.96. The molecule has 2 nitrogen and oxygen atoms in total. The molecule has 0 spiro atoms. The van der Waals surface area contributed by atoms with Gasteiger partial charge in [0.05, 0.1) is 6.04 Å². The highest BCUT2D eigenvalue weighted by Gasteiger charge is 2.53. The molecule has 0 aliphatic heterocycles. The molecular weight excluding hydrogens is 234 g/mol. The highest BCUT2D eigenvalue weighted by atomic mass is 16.3. The van der Waals surface area contributed by atoms with Crippen LogP contribution in [-0.4, -0.2) is 7.05 Å². The van der Waals surface area contributed by atoms with Gasteiger partial charge in [0.2, 0.25) is 0 Å². The van der Waals surface area contributed by atoms with Crippen LogP contribution in [0.25, 0.3) is 0 Å². The standard InChI is InChI=1S/C17H25NO/c1-11(18-2)15-3-4-16(19-15)17-8-12-5-13(9-17)7-14(6-12)10-17/h3-4,11-14,18H,5-10H2,1-2H3. The summed E-state index contributed by atoms with van der Waals surface area (Å²) in [6.45, 7) is 2.17. The highest BCUT2D eigenvalue weighted by molar-refractivity contribution is 5.23.